The molecule has 1 unspecified atom stereocenters. The van der Waals surface area contributed by atoms with Crippen LogP contribution in [0, 0.1) is 13.8 Å². The number of hydrogen-bond donors (Lipinski definition) is 0. The Labute approximate surface area is 211 Å². The zero-order valence-corrected chi connectivity index (χ0v) is 20.9. The first kappa shape index (κ1) is 22.4. The maximum Gasteiger partial charge on any atom is 0.265 e. The first-order valence-electron chi connectivity index (χ1n) is 11.9. The second-order valence-electron chi connectivity index (χ2n) is 9.20. The quantitative estimate of drug-likeness (QED) is 0.263. The summed E-state index contributed by atoms with van der Waals surface area (Å²) in [7, 11) is -3.94. The van der Waals surface area contributed by atoms with E-state index < -0.39 is 16.1 Å². The Kier molecular flexibility index (Phi) is 5.31. The van der Waals surface area contributed by atoms with Crippen LogP contribution in [0.1, 0.15) is 34.1 Å². The number of fused-ring (bicyclic) bond motifs is 3. The van der Waals surface area contributed by atoms with E-state index in [1.165, 1.54) is 0 Å². The molecule has 0 fully saturated rings. The van der Waals surface area contributed by atoms with Crippen LogP contribution in [-0.2, 0) is 10.0 Å². The maximum atomic E-state index is 14.4. The van der Waals surface area contributed by atoms with E-state index in [0.29, 0.717) is 17.0 Å². The van der Waals surface area contributed by atoms with Crippen molar-refractivity contribution in [3.8, 4) is 0 Å². The van der Waals surface area contributed by atoms with Crippen molar-refractivity contribution in [2.45, 2.75) is 24.8 Å². The van der Waals surface area contributed by atoms with Gasteiger partial charge in [0.2, 0.25) is 0 Å². The van der Waals surface area contributed by atoms with Crippen LogP contribution in [0.4, 0.5) is 5.69 Å². The minimum Gasteiger partial charge on any atom is -0.454 e. The zero-order valence-electron chi connectivity index (χ0n) is 20.0. The van der Waals surface area contributed by atoms with Gasteiger partial charge in [-0.1, -0.05) is 90.0 Å². The molecule has 0 N–H and O–H groups in total. The van der Waals surface area contributed by atoms with Crippen LogP contribution in [0.15, 0.2) is 119 Å². The smallest absolute Gasteiger partial charge is 0.265 e. The SMILES string of the molecule is Cc1ccc(S(=O)(=O)N2c3c(oc4ccc(C)cc34)C(c3ccccc3)=CC2c2ccccc2)cc1. The van der Waals surface area contributed by atoms with Gasteiger partial charge in [0.15, 0.2) is 5.76 Å². The van der Waals surface area contributed by atoms with Gasteiger partial charge in [0, 0.05) is 11.0 Å². The Hall–Kier alpha value is -4.09. The minimum absolute atomic E-state index is 0.249. The van der Waals surface area contributed by atoms with Crippen molar-refractivity contribution < 1.29 is 12.8 Å². The van der Waals surface area contributed by atoms with Crippen molar-refractivity contribution in [3.63, 3.8) is 0 Å². The lowest BCUT2D eigenvalue weighted by Crippen LogP contribution is -2.36. The van der Waals surface area contributed by atoms with Gasteiger partial charge in [-0.15, -0.1) is 0 Å². The van der Waals surface area contributed by atoms with Gasteiger partial charge in [-0.05, 0) is 55.3 Å². The molecular weight excluding hydrogens is 466 g/mol. The fourth-order valence-electron chi connectivity index (χ4n) is 4.86. The normalized spacial score (nSPS) is 15.6. The molecule has 0 radical (unpaired) electrons. The van der Waals surface area contributed by atoms with Crippen molar-refractivity contribution in [1.82, 2.24) is 0 Å². The maximum absolute atomic E-state index is 14.4. The molecule has 0 saturated carbocycles. The molecule has 6 rings (SSSR count). The summed E-state index contributed by atoms with van der Waals surface area (Å²) in [5.74, 6) is 0.560. The largest absolute Gasteiger partial charge is 0.454 e. The topological polar surface area (TPSA) is 50.5 Å². The third-order valence-electron chi connectivity index (χ3n) is 6.66. The van der Waals surface area contributed by atoms with Crippen LogP contribution in [0.2, 0.25) is 0 Å². The monoisotopic (exact) mass is 491 g/mol. The second-order valence-corrected chi connectivity index (χ2v) is 11.0. The summed E-state index contributed by atoms with van der Waals surface area (Å²) in [6, 6.07) is 32.1. The van der Waals surface area contributed by atoms with Gasteiger partial charge in [-0.25, -0.2) is 8.42 Å². The molecule has 1 aliphatic heterocycles. The molecule has 1 aliphatic rings. The van der Waals surface area contributed by atoms with E-state index >= 15 is 0 Å². The number of hydrogen-bond acceptors (Lipinski definition) is 3. The number of nitrogens with zero attached hydrogens (tertiary/aromatic N) is 1. The highest BCUT2D eigenvalue weighted by Gasteiger charge is 2.40. The summed E-state index contributed by atoms with van der Waals surface area (Å²) in [6.07, 6.45) is 2.01. The molecule has 36 heavy (non-hydrogen) atoms. The third kappa shape index (κ3) is 3.64. The van der Waals surface area contributed by atoms with Crippen molar-refractivity contribution in [2.75, 3.05) is 4.31 Å². The summed E-state index contributed by atoms with van der Waals surface area (Å²) in [5.41, 5.74) is 6.00. The molecule has 1 aromatic heterocycles. The summed E-state index contributed by atoms with van der Waals surface area (Å²) >= 11 is 0. The van der Waals surface area contributed by atoms with E-state index in [1.54, 1.807) is 16.4 Å². The Morgan fingerprint density at radius 2 is 1.39 bits per heavy atom. The molecule has 1 atom stereocenters. The first-order valence-corrected chi connectivity index (χ1v) is 13.3. The summed E-state index contributed by atoms with van der Waals surface area (Å²) < 4.78 is 36.7. The predicted molar refractivity (Wildman–Crippen MR) is 144 cm³/mol. The van der Waals surface area contributed by atoms with Gasteiger partial charge in [0.05, 0.1) is 10.9 Å². The molecule has 0 amide bonds. The summed E-state index contributed by atoms with van der Waals surface area (Å²) in [6.45, 7) is 3.95. The van der Waals surface area contributed by atoms with E-state index in [2.05, 4.69) is 0 Å². The van der Waals surface area contributed by atoms with Crippen LogP contribution in [0.3, 0.4) is 0 Å². The molecule has 5 heteroatoms. The Balaban J connectivity index is 1.70. The lowest BCUT2D eigenvalue weighted by atomic mass is 9.93. The van der Waals surface area contributed by atoms with E-state index in [1.807, 2.05) is 111 Å². The number of furan rings is 1. The first-order chi connectivity index (χ1) is 17.4. The van der Waals surface area contributed by atoms with Gasteiger partial charge < -0.3 is 4.42 Å². The minimum atomic E-state index is -3.94. The van der Waals surface area contributed by atoms with E-state index in [0.717, 1.165) is 33.2 Å². The van der Waals surface area contributed by atoms with E-state index in [9.17, 15) is 8.42 Å². The van der Waals surface area contributed by atoms with Crippen molar-refractivity contribution in [1.29, 1.82) is 0 Å². The second kappa shape index (κ2) is 8.54. The molecule has 0 bridgehead atoms. The van der Waals surface area contributed by atoms with Gasteiger partial charge >= 0.3 is 0 Å². The predicted octanol–water partition coefficient (Wildman–Crippen LogP) is 7.43. The molecule has 4 nitrogen and oxygen atoms in total. The fraction of sp³-hybridized carbons (Fsp3) is 0.0968. The summed E-state index contributed by atoms with van der Waals surface area (Å²) in [5, 5.41) is 0.781. The highest BCUT2D eigenvalue weighted by molar-refractivity contribution is 7.92. The van der Waals surface area contributed by atoms with Crippen LogP contribution in [-0.4, -0.2) is 8.42 Å². The highest BCUT2D eigenvalue weighted by atomic mass is 32.2. The van der Waals surface area contributed by atoms with Gasteiger partial charge in [-0.3, -0.25) is 4.31 Å². The molecule has 2 heterocycles. The number of sulfonamides is 1. The highest BCUT2D eigenvalue weighted by Crippen LogP contribution is 2.50. The average Bonchev–Trinajstić information content (AvgIpc) is 3.27. The number of rotatable bonds is 4. The number of aryl methyl sites for hydroxylation is 2. The summed E-state index contributed by atoms with van der Waals surface area (Å²) in [4.78, 5) is 0.249. The van der Waals surface area contributed by atoms with Crippen molar-refractivity contribution >= 4 is 32.3 Å². The van der Waals surface area contributed by atoms with Crippen LogP contribution in [0.5, 0.6) is 0 Å². The molecular formula is C31H25NO3S. The Bertz CT molecular complexity index is 1700. The fourth-order valence-corrected chi connectivity index (χ4v) is 6.47. The van der Waals surface area contributed by atoms with Gasteiger partial charge in [0.25, 0.3) is 10.0 Å². The van der Waals surface area contributed by atoms with Crippen LogP contribution < -0.4 is 4.31 Å². The molecule has 178 valence electrons. The lowest BCUT2D eigenvalue weighted by Gasteiger charge is -2.35. The Morgan fingerprint density at radius 1 is 0.750 bits per heavy atom. The van der Waals surface area contributed by atoms with E-state index in [-0.39, 0.29) is 4.90 Å². The Morgan fingerprint density at radius 3 is 2.08 bits per heavy atom. The van der Waals surface area contributed by atoms with E-state index in [4.69, 9.17) is 4.42 Å². The number of anilines is 1. The zero-order chi connectivity index (χ0) is 24.9. The van der Waals surface area contributed by atoms with Crippen molar-refractivity contribution in [3.05, 3.63) is 137 Å². The molecule has 0 spiro atoms. The average molecular weight is 492 g/mol. The number of benzene rings is 4. The van der Waals surface area contributed by atoms with Crippen LogP contribution >= 0.6 is 0 Å². The standard InChI is InChI=1S/C31H25NO3S/c1-21-13-16-25(17-14-21)36(33,34)32-28(24-11-7-4-8-12-24)20-26(23-9-5-3-6-10-23)31-30(32)27-19-22(2)15-18-29(27)35-31/h3-20,28H,1-2H3. The van der Waals surface area contributed by atoms with Crippen molar-refractivity contribution in [2.24, 2.45) is 0 Å². The van der Waals surface area contributed by atoms with Crippen LogP contribution in [0.25, 0.3) is 16.5 Å². The molecule has 0 aliphatic carbocycles. The van der Waals surface area contributed by atoms with Gasteiger partial charge in [0.1, 0.15) is 11.3 Å². The van der Waals surface area contributed by atoms with Gasteiger partial charge in [-0.2, -0.15) is 0 Å². The lowest BCUT2D eigenvalue weighted by molar-refractivity contribution is 0.576. The molecule has 5 aromatic rings. The molecule has 0 saturated heterocycles. The third-order valence-corrected chi connectivity index (χ3v) is 8.46. The molecule has 4 aromatic carbocycles.